The van der Waals surface area contributed by atoms with Gasteiger partial charge in [0, 0.05) is 24.6 Å². The number of hydrogen-bond donors (Lipinski definition) is 11. The first-order valence-corrected chi connectivity index (χ1v) is 24.3. The topological polar surface area (TPSA) is 344 Å². The van der Waals surface area contributed by atoms with Crippen molar-refractivity contribution in [3.63, 3.8) is 0 Å². The fourth-order valence-corrected chi connectivity index (χ4v) is 7.19. The summed E-state index contributed by atoms with van der Waals surface area (Å²) in [5.74, 6) is -0.339. The van der Waals surface area contributed by atoms with E-state index < -0.39 is 95.5 Å². The predicted octanol–water partition coefficient (Wildman–Crippen LogP) is 0.932. The standard InChI is InChI=1S/C50H79N13O9/c1-28(2)25-37(43(52)66)59-45(68)36(19-15-16-24-54-44(67)34-22-20-33(21-23-34)42(51)62-63(53)35-17-13-12-14-18-35)58-48(71)41(31(7)8)60-49(72)50(10,11)61-46(69)38(26-29(3)4)57-39(65)27-55-47(70)40(30(5)6)56-32(9)64/h12-14,17-18,20-23,28-31,36-38,40-41H,15-16,19,24-27,53H2,1-11H3,(H2,51,62)(H2,52,66)(H,54,67)(H,55,70)(H,56,64)(H,57,65)(H,58,71)(H,59,68)(H,60,72)(H,61,69)/t36-,37-,38-,40?,41?/m0/s1. The van der Waals surface area contributed by atoms with Crippen molar-refractivity contribution in [3.05, 3.63) is 65.7 Å². The van der Waals surface area contributed by atoms with Crippen LogP contribution in [0.15, 0.2) is 59.7 Å². The third kappa shape index (κ3) is 21.1. The minimum absolute atomic E-state index is 0.00845. The number of nitrogens with one attached hydrogen (secondary N) is 8. The minimum Gasteiger partial charge on any atom is -0.382 e. The molecule has 0 spiro atoms. The lowest BCUT2D eigenvalue weighted by molar-refractivity contribution is -0.138. The van der Waals surface area contributed by atoms with Crippen LogP contribution in [0.25, 0.3) is 0 Å². The molecule has 0 saturated heterocycles. The average Bonchev–Trinajstić information content (AvgIpc) is 3.29. The molecule has 0 aromatic heterocycles. The molecule has 0 heterocycles. The van der Waals surface area contributed by atoms with Crippen LogP contribution < -0.4 is 65.0 Å². The van der Waals surface area contributed by atoms with Gasteiger partial charge in [-0.25, -0.2) is 5.84 Å². The number of primary amides is 1. The fourth-order valence-electron chi connectivity index (χ4n) is 7.19. The lowest BCUT2D eigenvalue weighted by Gasteiger charge is -2.32. The molecule has 398 valence electrons. The van der Waals surface area contributed by atoms with Gasteiger partial charge in [-0.1, -0.05) is 85.7 Å². The highest BCUT2D eigenvalue weighted by Crippen LogP contribution is 2.14. The van der Waals surface area contributed by atoms with Crippen LogP contribution in [0.2, 0.25) is 0 Å². The number of para-hydroxylation sites is 1. The molecule has 0 bridgehead atoms. The highest BCUT2D eigenvalue weighted by Gasteiger charge is 2.37. The number of hydrazone groups is 1. The third-order valence-electron chi connectivity index (χ3n) is 11.2. The first kappa shape index (κ1) is 61.0. The highest BCUT2D eigenvalue weighted by atomic mass is 16.2. The molecule has 2 aromatic carbocycles. The van der Waals surface area contributed by atoms with Crippen LogP contribution in [0, 0.1) is 23.7 Å². The Labute approximate surface area is 423 Å². The number of amidine groups is 1. The van der Waals surface area contributed by atoms with Gasteiger partial charge in [0.15, 0.2) is 5.84 Å². The zero-order chi connectivity index (χ0) is 54.5. The average molecular weight is 1010 g/mol. The summed E-state index contributed by atoms with van der Waals surface area (Å²) in [6.45, 7) is 18.1. The molecule has 2 aromatic rings. The molecule has 0 aliphatic carbocycles. The Morgan fingerprint density at radius 3 is 1.69 bits per heavy atom. The Kier molecular flexibility index (Phi) is 24.8. The number of amides is 9. The summed E-state index contributed by atoms with van der Waals surface area (Å²) < 4.78 is 0. The molecule has 0 aliphatic heterocycles. The molecular formula is C50H79N13O9. The molecule has 2 unspecified atom stereocenters. The SMILES string of the molecule is CC(=O)NC(C(=O)NCC(=O)N[C@@H](CC(C)C)C(=O)NC(C)(C)C(=O)NC(C(=O)N[C@@H](CCCCNC(=O)c1ccc(/C(N)=N/N(N)c2ccccc2)cc1)C(=O)N[C@@H](CC(C)C)C(N)=O)C(C)C)C(C)C. The molecule has 2 rings (SSSR count). The van der Waals surface area contributed by atoms with Crippen LogP contribution in [0.4, 0.5) is 5.69 Å². The van der Waals surface area contributed by atoms with E-state index in [0.717, 1.165) is 5.12 Å². The van der Waals surface area contributed by atoms with Crippen LogP contribution in [0.3, 0.4) is 0 Å². The van der Waals surface area contributed by atoms with Gasteiger partial charge < -0.3 is 54.0 Å². The Bertz CT molecular complexity index is 2200. The van der Waals surface area contributed by atoms with E-state index in [-0.39, 0.29) is 55.3 Å². The van der Waals surface area contributed by atoms with Crippen LogP contribution >= 0.6 is 0 Å². The molecule has 14 N–H and O–H groups in total. The van der Waals surface area contributed by atoms with Gasteiger partial charge >= 0.3 is 0 Å². The normalized spacial score (nSPS) is 13.8. The van der Waals surface area contributed by atoms with Crippen molar-refractivity contribution < 1.29 is 43.2 Å². The van der Waals surface area contributed by atoms with E-state index in [0.29, 0.717) is 29.7 Å². The summed E-state index contributed by atoms with van der Waals surface area (Å²) in [5.41, 5.74) is 11.7. The van der Waals surface area contributed by atoms with Gasteiger partial charge in [-0.2, -0.15) is 5.12 Å². The van der Waals surface area contributed by atoms with E-state index in [2.05, 4.69) is 47.6 Å². The Morgan fingerprint density at radius 2 is 1.15 bits per heavy atom. The summed E-state index contributed by atoms with van der Waals surface area (Å²) in [7, 11) is 0. The van der Waals surface area contributed by atoms with E-state index in [4.69, 9.17) is 17.3 Å². The molecule has 22 nitrogen and oxygen atoms in total. The summed E-state index contributed by atoms with van der Waals surface area (Å²) >= 11 is 0. The lowest BCUT2D eigenvalue weighted by Crippen LogP contribution is -2.63. The zero-order valence-electron chi connectivity index (χ0n) is 43.6. The highest BCUT2D eigenvalue weighted by molar-refractivity contribution is 6.00. The number of unbranched alkanes of at least 4 members (excludes halogenated alkanes) is 1. The van der Waals surface area contributed by atoms with Gasteiger partial charge in [0.05, 0.1) is 12.2 Å². The first-order valence-electron chi connectivity index (χ1n) is 24.3. The largest absolute Gasteiger partial charge is 0.382 e. The smallest absolute Gasteiger partial charge is 0.251 e. The zero-order valence-corrected chi connectivity index (χ0v) is 43.6. The van der Waals surface area contributed by atoms with E-state index in [9.17, 15) is 43.2 Å². The maximum Gasteiger partial charge on any atom is 0.251 e. The minimum atomic E-state index is -1.63. The van der Waals surface area contributed by atoms with Crippen molar-refractivity contribution >= 4 is 64.7 Å². The van der Waals surface area contributed by atoms with Gasteiger partial charge in [0.25, 0.3) is 5.91 Å². The number of hydrogen-bond acceptors (Lipinski definition) is 12. The molecule has 0 fully saturated rings. The third-order valence-corrected chi connectivity index (χ3v) is 11.2. The van der Waals surface area contributed by atoms with E-state index >= 15 is 0 Å². The number of carbonyl (C=O) groups excluding carboxylic acids is 9. The van der Waals surface area contributed by atoms with Gasteiger partial charge in [-0.15, -0.1) is 5.10 Å². The van der Waals surface area contributed by atoms with Crippen molar-refractivity contribution in [2.75, 3.05) is 18.2 Å². The van der Waals surface area contributed by atoms with Crippen molar-refractivity contribution in [3.8, 4) is 0 Å². The van der Waals surface area contributed by atoms with Crippen LogP contribution in [0.1, 0.15) is 124 Å². The molecule has 0 radical (unpaired) electrons. The Hall–Kier alpha value is -7.10. The number of nitrogens with zero attached hydrogens (tertiary/aromatic N) is 2. The van der Waals surface area contributed by atoms with Crippen molar-refractivity contribution in [2.45, 2.75) is 144 Å². The number of nitrogens with two attached hydrogens (primary N) is 3. The van der Waals surface area contributed by atoms with E-state index in [1.807, 2.05) is 45.9 Å². The number of benzene rings is 2. The molecule has 22 heteroatoms. The van der Waals surface area contributed by atoms with Gasteiger partial charge in [-0.05, 0) is 93.9 Å². The number of carbonyl (C=O) groups is 9. The van der Waals surface area contributed by atoms with Crippen molar-refractivity contribution in [1.29, 1.82) is 0 Å². The van der Waals surface area contributed by atoms with Crippen LogP contribution in [0.5, 0.6) is 0 Å². The molecular weight excluding hydrogens is 927 g/mol. The maximum absolute atomic E-state index is 14.0. The maximum atomic E-state index is 14.0. The second kappa shape index (κ2) is 29.3. The van der Waals surface area contributed by atoms with E-state index in [1.165, 1.54) is 20.8 Å². The van der Waals surface area contributed by atoms with Crippen LogP contribution in [-0.4, -0.2) is 108 Å². The Balaban J connectivity index is 2.16. The summed E-state index contributed by atoms with van der Waals surface area (Å²) in [6, 6.07) is 10.1. The molecule has 5 atom stereocenters. The number of anilines is 1. The van der Waals surface area contributed by atoms with Crippen molar-refractivity contribution in [1.82, 2.24) is 42.5 Å². The predicted molar refractivity (Wildman–Crippen MR) is 275 cm³/mol. The monoisotopic (exact) mass is 1010 g/mol. The first-order chi connectivity index (χ1) is 33.6. The fraction of sp³-hybridized carbons (Fsp3) is 0.560. The molecule has 72 heavy (non-hydrogen) atoms. The number of hydrazine groups is 1. The van der Waals surface area contributed by atoms with Crippen molar-refractivity contribution in [2.24, 2.45) is 46.1 Å². The molecule has 0 aliphatic rings. The summed E-state index contributed by atoms with van der Waals surface area (Å²) in [5, 5.41) is 26.6. The van der Waals surface area contributed by atoms with E-state index in [1.54, 1.807) is 64.1 Å². The van der Waals surface area contributed by atoms with Gasteiger partial charge in [0.1, 0.15) is 35.7 Å². The lowest BCUT2D eigenvalue weighted by atomic mass is 9.97. The van der Waals surface area contributed by atoms with Crippen LogP contribution in [-0.2, 0) is 38.4 Å². The summed E-state index contributed by atoms with van der Waals surface area (Å²) in [6.07, 6.45) is 1.23. The quantitative estimate of drug-likeness (QED) is 0.0178. The number of rotatable bonds is 29. The van der Waals surface area contributed by atoms with Gasteiger partial charge in [-0.3, -0.25) is 43.2 Å². The summed E-state index contributed by atoms with van der Waals surface area (Å²) in [4.78, 5) is 118. The Morgan fingerprint density at radius 1 is 0.611 bits per heavy atom. The molecule has 0 saturated carbocycles. The second-order valence-corrected chi connectivity index (χ2v) is 19.8. The van der Waals surface area contributed by atoms with Gasteiger partial charge in [0.2, 0.25) is 47.3 Å². The second-order valence-electron chi connectivity index (χ2n) is 19.8. The molecule has 9 amide bonds.